The second-order valence-electron chi connectivity index (χ2n) is 4.78. The average molecular weight is 281 g/mol. The highest BCUT2D eigenvalue weighted by Gasteiger charge is 2.14. The zero-order valence-corrected chi connectivity index (χ0v) is 11.6. The smallest absolute Gasteiger partial charge is 0.307 e. The van der Waals surface area contributed by atoms with Crippen LogP contribution in [0.15, 0.2) is 54.7 Å². The van der Waals surface area contributed by atoms with E-state index in [0.29, 0.717) is 0 Å². The van der Waals surface area contributed by atoms with Gasteiger partial charge in [-0.15, -0.1) is 0 Å². The summed E-state index contributed by atoms with van der Waals surface area (Å²) in [5.41, 5.74) is 2.66. The molecule has 0 unspecified atom stereocenters. The highest BCUT2D eigenvalue weighted by atomic mass is 16.5. The lowest BCUT2D eigenvalue weighted by molar-refractivity contribution is -0.136. The maximum absolute atomic E-state index is 11.0. The van der Waals surface area contributed by atoms with Crippen molar-refractivity contribution >= 4 is 16.9 Å². The van der Waals surface area contributed by atoms with Gasteiger partial charge >= 0.3 is 5.97 Å². The molecule has 0 atom stereocenters. The molecule has 4 nitrogen and oxygen atoms in total. The Balaban J connectivity index is 2.25. The molecule has 1 N–H and O–H groups in total. The normalized spacial score (nSPS) is 10.7. The Morgan fingerprint density at radius 1 is 1.14 bits per heavy atom. The van der Waals surface area contributed by atoms with Crippen LogP contribution in [0.4, 0.5) is 0 Å². The summed E-state index contributed by atoms with van der Waals surface area (Å²) in [7, 11) is 1.63. The summed E-state index contributed by atoms with van der Waals surface area (Å²) in [4.78, 5) is 11.0. The zero-order chi connectivity index (χ0) is 14.8. The van der Waals surface area contributed by atoms with Crippen LogP contribution in [0, 0.1) is 0 Å². The third-order valence-electron chi connectivity index (χ3n) is 3.48. The molecule has 2 aromatic carbocycles. The minimum absolute atomic E-state index is 0.00264. The minimum atomic E-state index is -0.835. The number of ether oxygens (including phenoxy) is 1. The molecule has 4 heteroatoms. The van der Waals surface area contributed by atoms with Crippen molar-refractivity contribution in [1.82, 2.24) is 4.57 Å². The topological polar surface area (TPSA) is 51.5 Å². The van der Waals surface area contributed by atoms with Crippen LogP contribution < -0.4 is 4.74 Å². The number of rotatable bonds is 4. The van der Waals surface area contributed by atoms with E-state index in [1.807, 2.05) is 59.3 Å². The molecule has 0 saturated carbocycles. The predicted molar refractivity (Wildman–Crippen MR) is 81.2 cm³/mol. The van der Waals surface area contributed by atoms with E-state index in [4.69, 9.17) is 9.84 Å². The summed E-state index contributed by atoms with van der Waals surface area (Å²) in [5.74, 6) is -0.0851. The number of carboxylic acid groups (broad SMARTS) is 1. The second-order valence-corrected chi connectivity index (χ2v) is 4.78. The van der Waals surface area contributed by atoms with Gasteiger partial charge in [-0.25, -0.2) is 0 Å². The lowest BCUT2D eigenvalue weighted by atomic mass is 10.1. The van der Waals surface area contributed by atoms with Gasteiger partial charge in [-0.05, 0) is 23.8 Å². The number of hydrogen-bond acceptors (Lipinski definition) is 2. The molecule has 0 amide bonds. The van der Waals surface area contributed by atoms with Crippen LogP contribution in [0.5, 0.6) is 5.75 Å². The SMILES string of the molecule is COc1ccccc1-n1cc(CC(=O)O)c2ccccc21. The van der Waals surface area contributed by atoms with Crippen molar-refractivity contribution in [2.24, 2.45) is 0 Å². The van der Waals surface area contributed by atoms with Crippen molar-refractivity contribution in [2.75, 3.05) is 7.11 Å². The number of carboxylic acids is 1. The Hall–Kier alpha value is -2.75. The molecule has 0 fully saturated rings. The molecular weight excluding hydrogens is 266 g/mol. The molecule has 0 bridgehead atoms. The first-order valence-electron chi connectivity index (χ1n) is 6.65. The molecule has 0 saturated heterocycles. The number of benzene rings is 2. The third-order valence-corrected chi connectivity index (χ3v) is 3.48. The fourth-order valence-corrected chi connectivity index (χ4v) is 2.58. The van der Waals surface area contributed by atoms with Crippen molar-refractivity contribution in [3.63, 3.8) is 0 Å². The first-order valence-corrected chi connectivity index (χ1v) is 6.65. The van der Waals surface area contributed by atoms with Crippen LogP contribution >= 0.6 is 0 Å². The minimum Gasteiger partial charge on any atom is -0.495 e. The van der Waals surface area contributed by atoms with Crippen LogP contribution in [0.2, 0.25) is 0 Å². The van der Waals surface area contributed by atoms with E-state index in [1.54, 1.807) is 7.11 Å². The Morgan fingerprint density at radius 3 is 2.62 bits per heavy atom. The number of methoxy groups -OCH3 is 1. The van der Waals surface area contributed by atoms with Gasteiger partial charge in [0.2, 0.25) is 0 Å². The summed E-state index contributed by atoms with van der Waals surface area (Å²) in [5, 5.41) is 10.0. The summed E-state index contributed by atoms with van der Waals surface area (Å²) in [6.45, 7) is 0. The van der Waals surface area contributed by atoms with Gasteiger partial charge in [0, 0.05) is 11.6 Å². The monoisotopic (exact) mass is 281 g/mol. The quantitative estimate of drug-likeness (QED) is 0.798. The number of hydrogen-bond donors (Lipinski definition) is 1. The standard InChI is InChI=1S/C17H15NO3/c1-21-16-9-5-4-8-15(16)18-11-12(10-17(19)20)13-6-2-3-7-14(13)18/h2-9,11H,10H2,1H3,(H,19,20). The molecule has 3 aromatic rings. The lowest BCUT2D eigenvalue weighted by Gasteiger charge is -2.10. The van der Waals surface area contributed by atoms with Gasteiger partial charge in [0.05, 0.1) is 24.7 Å². The molecular formula is C17H15NO3. The van der Waals surface area contributed by atoms with Crippen LogP contribution in [0.3, 0.4) is 0 Å². The van der Waals surface area contributed by atoms with Gasteiger partial charge in [-0.1, -0.05) is 30.3 Å². The number of para-hydroxylation sites is 3. The molecule has 0 aliphatic rings. The van der Waals surface area contributed by atoms with Crippen LogP contribution in [0.1, 0.15) is 5.56 Å². The van der Waals surface area contributed by atoms with Gasteiger partial charge in [0.15, 0.2) is 0 Å². The van der Waals surface area contributed by atoms with Crippen molar-refractivity contribution in [3.05, 3.63) is 60.3 Å². The van der Waals surface area contributed by atoms with Gasteiger partial charge < -0.3 is 14.4 Å². The Morgan fingerprint density at radius 2 is 1.86 bits per heavy atom. The van der Waals surface area contributed by atoms with E-state index in [-0.39, 0.29) is 6.42 Å². The first-order chi connectivity index (χ1) is 10.2. The molecule has 0 radical (unpaired) electrons. The molecule has 1 aromatic heterocycles. The third kappa shape index (κ3) is 2.36. The maximum Gasteiger partial charge on any atom is 0.307 e. The van der Waals surface area contributed by atoms with E-state index >= 15 is 0 Å². The summed E-state index contributed by atoms with van der Waals surface area (Å²) in [6.07, 6.45) is 1.87. The van der Waals surface area contributed by atoms with E-state index in [9.17, 15) is 4.79 Å². The van der Waals surface area contributed by atoms with Crippen molar-refractivity contribution in [3.8, 4) is 11.4 Å². The maximum atomic E-state index is 11.0. The van der Waals surface area contributed by atoms with E-state index in [0.717, 1.165) is 27.9 Å². The largest absolute Gasteiger partial charge is 0.495 e. The Bertz CT molecular complexity index is 805. The highest BCUT2D eigenvalue weighted by Crippen LogP contribution is 2.29. The summed E-state index contributed by atoms with van der Waals surface area (Å²) < 4.78 is 7.38. The molecule has 1 heterocycles. The molecule has 106 valence electrons. The molecule has 3 rings (SSSR count). The number of aliphatic carboxylic acids is 1. The van der Waals surface area contributed by atoms with Crippen molar-refractivity contribution in [1.29, 1.82) is 0 Å². The number of carbonyl (C=O) groups is 1. The van der Waals surface area contributed by atoms with Gasteiger partial charge in [-0.2, -0.15) is 0 Å². The Labute approximate surface area is 122 Å². The number of nitrogens with zero attached hydrogens (tertiary/aromatic N) is 1. The van der Waals surface area contributed by atoms with E-state index in [2.05, 4.69) is 0 Å². The number of fused-ring (bicyclic) bond motifs is 1. The fourth-order valence-electron chi connectivity index (χ4n) is 2.58. The van der Waals surface area contributed by atoms with E-state index < -0.39 is 5.97 Å². The fraction of sp³-hybridized carbons (Fsp3) is 0.118. The van der Waals surface area contributed by atoms with Gasteiger partial charge in [0.1, 0.15) is 5.75 Å². The van der Waals surface area contributed by atoms with Crippen molar-refractivity contribution < 1.29 is 14.6 Å². The molecule has 0 spiro atoms. The van der Waals surface area contributed by atoms with Crippen molar-refractivity contribution in [2.45, 2.75) is 6.42 Å². The second kappa shape index (κ2) is 5.32. The first kappa shape index (κ1) is 13.2. The Kier molecular flexibility index (Phi) is 3.36. The van der Waals surface area contributed by atoms with Gasteiger partial charge in [0.25, 0.3) is 0 Å². The summed E-state index contributed by atoms with van der Waals surface area (Å²) >= 11 is 0. The predicted octanol–water partition coefficient (Wildman–Crippen LogP) is 3.27. The van der Waals surface area contributed by atoms with E-state index in [1.165, 1.54) is 0 Å². The van der Waals surface area contributed by atoms with Crippen LogP contribution in [-0.4, -0.2) is 22.8 Å². The average Bonchev–Trinajstić information content (AvgIpc) is 2.85. The number of aromatic nitrogens is 1. The lowest BCUT2D eigenvalue weighted by Crippen LogP contribution is -1.99. The van der Waals surface area contributed by atoms with Crippen LogP contribution in [-0.2, 0) is 11.2 Å². The highest BCUT2D eigenvalue weighted by molar-refractivity contribution is 5.89. The molecule has 0 aliphatic carbocycles. The zero-order valence-electron chi connectivity index (χ0n) is 11.6. The van der Waals surface area contributed by atoms with Gasteiger partial charge in [-0.3, -0.25) is 4.79 Å². The summed E-state index contributed by atoms with van der Waals surface area (Å²) in [6, 6.07) is 15.5. The molecule has 21 heavy (non-hydrogen) atoms. The van der Waals surface area contributed by atoms with Crippen LogP contribution in [0.25, 0.3) is 16.6 Å². The molecule has 0 aliphatic heterocycles.